The number of nitrogen functional groups attached to an aromatic ring is 1. The van der Waals surface area contributed by atoms with Crippen molar-refractivity contribution >= 4 is 11.5 Å². The molecule has 2 unspecified atom stereocenters. The lowest BCUT2D eigenvalue weighted by Crippen LogP contribution is -2.26. The first-order valence-corrected chi connectivity index (χ1v) is 7.35. The van der Waals surface area contributed by atoms with Gasteiger partial charge in [-0.3, -0.25) is 0 Å². The molecule has 0 radical (unpaired) electrons. The molecule has 0 amide bonds. The quantitative estimate of drug-likeness (QED) is 0.854. The van der Waals surface area contributed by atoms with Gasteiger partial charge in [0.05, 0.1) is 12.3 Å². The van der Waals surface area contributed by atoms with E-state index >= 15 is 0 Å². The van der Waals surface area contributed by atoms with E-state index in [9.17, 15) is 0 Å². The van der Waals surface area contributed by atoms with Gasteiger partial charge in [-0.05, 0) is 37.3 Å². The third-order valence-electron chi connectivity index (χ3n) is 3.62. The first-order chi connectivity index (χ1) is 9.19. The van der Waals surface area contributed by atoms with E-state index in [-0.39, 0.29) is 0 Å². The summed E-state index contributed by atoms with van der Waals surface area (Å²) in [7, 11) is 0. The van der Waals surface area contributed by atoms with Gasteiger partial charge in [-0.15, -0.1) is 0 Å². The van der Waals surface area contributed by atoms with Crippen LogP contribution in [0.25, 0.3) is 0 Å². The number of rotatable bonds is 5. The van der Waals surface area contributed by atoms with Gasteiger partial charge in [0.25, 0.3) is 0 Å². The molecule has 106 valence electrons. The van der Waals surface area contributed by atoms with Gasteiger partial charge in [-0.2, -0.15) is 4.98 Å². The maximum atomic E-state index is 5.87. The van der Waals surface area contributed by atoms with Crippen LogP contribution in [0.3, 0.4) is 0 Å². The van der Waals surface area contributed by atoms with Crippen LogP contribution in [0, 0.1) is 5.92 Å². The first-order valence-electron chi connectivity index (χ1n) is 7.35. The van der Waals surface area contributed by atoms with Crippen LogP contribution in [0.4, 0.5) is 11.5 Å². The smallest absolute Gasteiger partial charge is 0.239 e. The number of pyridine rings is 1. The molecule has 1 aromatic heterocycles. The fourth-order valence-corrected chi connectivity index (χ4v) is 2.62. The molecule has 1 fully saturated rings. The van der Waals surface area contributed by atoms with E-state index in [1.54, 1.807) is 0 Å². The lowest BCUT2D eigenvalue weighted by molar-refractivity contribution is 0.307. The Kier molecular flexibility index (Phi) is 4.88. The maximum absolute atomic E-state index is 5.87. The van der Waals surface area contributed by atoms with Crippen molar-refractivity contribution in [1.82, 2.24) is 4.98 Å². The van der Waals surface area contributed by atoms with Crippen molar-refractivity contribution in [3.8, 4) is 5.88 Å². The molecular weight excluding hydrogens is 238 g/mol. The van der Waals surface area contributed by atoms with Crippen LogP contribution in [0.2, 0.25) is 0 Å². The summed E-state index contributed by atoms with van der Waals surface area (Å²) in [5, 5.41) is 3.51. The monoisotopic (exact) mass is 263 g/mol. The van der Waals surface area contributed by atoms with Crippen molar-refractivity contribution in [2.45, 2.75) is 52.0 Å². The Hall–Kier alpha value is -1.45. The number of aromatic nitrogens is 1. The van der Waals surface area contributed by atoms with E-state index in [2.05, 4.69) is 24.1 Å². The lowest BCUT2D eigenvalue weighted by Gasteiger charge is -2.28. The van der Waals surface area contributed by atoms with E-state index in [1.165, 1.54) is 25.7 Å². The number of nitrogens with zero attached hydrogens (tertiary/aromatic N) is 1. The zero-order valence-corrected chi connectivity index (χ0v) is 12.0. The first kappa shape index (κ1) is 14.0. The van der Waals surface area contributed by atoms with Crippen LogP contribution >= 0.6 is 0 Å². The summed E-state index contributed by atoms with van der Waals surface area (Å²) >= 11 is 0. The molecule has 2 atom stereocenters. The summed E-state index contributed by atoms with van der Waals surface area (Å²) in [5.74, 6) is 2.23. The zero-order valence-electron chi connectivity index (χ0n) is 12.0. The molecule has 0 saturated heterocycles. The third kappa shape index (κ3) is 4.01. The highest BCUT2D eigenvalue weighted by Crippen LogP contribution is 2.27. The number of ether oxygens (including phenoxy) is 1. The van der Waals surface area contributed by atoms with E-state index in [0.29, 0.717) is 24.2 Å². The second kappa shape index (κ2) is 6.64. The predicted molar refractivity (Wildman–Crippen MR) is 79.5 cm³/mol. The summed E-state index contributed by atoms with van der Waals surface area (Å²) in [6.45, 7) is 5.04. The molecule has 1 saturated carbocycles. The van der Waals surface area contributed by atoms with Gasteiger partial charge >= 0.3 is 0 Å². The Morgan fingerprint density at radius 1 is 1.42 bits per heavy atom. The fourth-order valence-electron chi connectivity index (χ4n) is 2.62. The summed E-state index contributed by atoms with van der Waals surface area (Å²) in [6.07, 6.45) is 6.04. The minimum atomic E-state index is 0.527. The van der Waals surface area contributed by atoms with Gasteiger partial charge in [0, 0.05) is 6.04 Å². The van der Waals surface area contributed by atoms with Crippen molar-refractivity contribution in [1.29, 1.82) is 0 Å². The molecule has 0 aliphatic heterocycles. The number of nitrogens with one attached hydrogen (secondary N) is 1. The van der Waals surface area contributed by atoms with E-state index < -0.39 is 0 Å². The molecular formula is C15H25N3O. The number of nitrogens with two attached hydrogens (primary N) is 1. The second-order valence-corrected chi connectivity index (χ2v) is 5.55. The SMILES string of the molecule is CCCOc1nc(NC2CCCC(C)C2)ccc1N. The molecule has 1 aromatic rings. The van der Waals surface area contributed by atoms with E-state index in [0.717, 1.165) is 18.2 Å². The molecule has 0 bridgehead atoms. The van der Waals surface area contributed by atoms with Crippen LogP contribution in [-0.4, -0.2) is 17.6 Å². The Morgan fingerprint density at radius 2 is 2.26 bits per heavy atom. The maximum Gasteiger partial charge on any atom is 0.239 e. The summed E-state index contributed by atoms with van der Waals surface area (Å²) in [4.78, 5) is 4.47. The molecule has 1 aliphatic rings. The number of anilines is 2. The highest BCUT2D eigenvalue weighted by atomic mass is 16.5. The summed E-state index contributed by atoms with van der Waals surface area (Å²) in [6, 6.07) is 4.33. The van der Waals surface area contributed by atoms with Crippen molar-refractivity contribution in [2.24, 2.45) is 5.92 Å². The average molecular weight is 263 g/mol. The fraction of sp³-hybridized carbons (Fsp3) is 0.667. The lowest BCUT2D eigenvalue weighted by atomic mass is 9.87. The molecule has 1 aliphatic carbocycles. The van der Waals surface area contributed by atoms with Crippen molar-refractivity contribution < 1.29 is 4.74 Å². The minimum Gasteiger partial charge on any atom is -0.476 e. The van der Waals surface area contributed by atoms with E-state index in [1.807, 2.05) is 12.1 Å². The Labute approximate surface area is 115 Å². The van der Waals surface area contributed by atoms with Gasteiger partial charge < -0.3 is 15.8 Å². The summed E-state index contributed by atoms with van der Waals surface area (Å²) in [5.41, 5.74) is 6.48. The molecule has 0 spiro atoms. The molecule has 0 aromatic carbocycles. The highest BCUT2D eigenvalue weighted by Gasteiger charge is 2.19. The van der Waals surface area contributed by atoms with Gasteiger partial charge in [0.1, 0.15) is 5.82 Å². The second-order valence-electron chi connectivity index (χ2n) is 5.55. The van der Waals surface area contributed by atoms with Crippen LogP contribution in [0.1, 0.15) is 46.0 Å². The highest BCUT2D eigenvalue weighted by molar-refractivity contribution is 5.53. The molecule has 4 nitrogen and oxygen atoms in total. The van der Waals surface area contributed by atoms with Gasteiger partial charge in [0.15, 0.2) is 0 Å². The molecule has 3 N–H and O–H groups in total. The van der Waals surface area contributed by atoms with Crippen LogP contribution in [0.5, 0.6) is 5.88 Å². The number of hydrogen-bond donors (Lipinski definition) is 2. The number of hydrogen-bond acceptors (Lipinski definition) is 4. The van der Waals surface area contributed by atoms with Crippen LogP contribution < -0.4 is 15.8 Å². The molecule has 4 heteroatoms. The largest absolute Gasteiger partial charge is 0.476 e. The normalized spacial score (nSPS) is 23.1. The summed E-state index contributed by atoms with van der Waals surface area (Å²) < 4.78 is 5.56. The standard InChI is InChI=1S/C15H25N3O/c1-3-9-19-15-13(16)7-8-14(18-15)17-12-6-4-5-11(2)10-12/h7-8,11-12H,3-6,9-10,16H2,1-2H3,(H,17,18). The van der Waals surface area contributed by atoms with Crippen molar-refractivity contribution in [3.05, 3.63) is 12.1 Å². The van der Waals surface area contributed by atoms with Crippen LogP contribution in [-0.2, 0) is 0 Å². The third-order valence-corrected chi connectivity index (χ3v) is 3.62. The molecule has 1 heterocycles. The minimum absolute atomic E-state index is 0.527. The topological polar surface area (TPSA) is 60.2 Å². The van der Waals surface area contributed by atoms with Gasteiger partial charge in [-0.25, -0.2) is 0 Å². The van der Waals surface area contributed by atoms with Crippen molar-refractivity contribution in [3.63, 3.8) is 0 Å². The Bertz CT molecular complexity index is 408. The molecule has 2 rings (SSSR count). The molecule has 19 heavy (non-hydrogen) atoms. The predicted octanol–water partition coefficient (Wildman–Crippen LogP) is 3.44. The van der Waals surface area contributed by atoms with Crippen LogP contribution in [0.15, 0.2) is 12.1 Å². The van der Waals surface area contributed by atoms with Gasteiger partial charge in [-0.1, -0.05) is 26.7 Å². The van der Waals surface area contributed by atoms with E-state index in [4.69, 9.17) is 10.5 Å². The average Bonchev–Trinajstić information content (AvgIpc) is 2.39. The van der Waals surface area contributed by atoms with Crippen molar-refractivity contribution in [2.75, 3.05) is 17.7 Å². The Morgan fingerprint density at radius 3 is 3.00 bits per heavy atom. The zero-order chi connectivity index (χ0) is 13.7. The van der Waals surface area contributed by atoms with Gasteiger partial charge in [0.2, 0.25) is 5.88 Å². The Balaban J connectivity index is 1.99.